The lowest BCUT2D eigenvalue weighted by Gasteiger charge is -2.19. The van der Waals surface area contributed by atoms with Crippen LogP contribution in [0, 0.1) is 6.92 Å². The number of rotatable bonds is 7. The highest BCUT2D eigenvalue weighted by Crippen LogP contribution is 2.16. The minimum absolute atomic E-state index is 0. The van der Waals surface area contributed by atoms with Gasteiger partial charge in [-0.1, -0.05) is 54.6 Å². The first-order chi connectivity index (χ1) is 12.1. The van der Waals surface area contributed by atoms with Crippen molar-refractivity contribution in [3.63, 3.8) is 0 Å². The van der Waals surface area contributed by atoms with Crippen LogP contribution in [0.4, 0.5) is 0 Å². The largest absolute Gasteiger partial charge is 0.355 e. The van der Waals surface area contributed by atoms with E-state index in [1.54, 1.807) is 7.05 Å². The van der Waals surface area contributed by atoms with E-state index in [0.29, 0.717) is 18.1 Å². The summed E-state index contributed by atoms with van der Waals surface area (Å²) in [5.74, 6) is 1.91. The van der Waals surface area contributed by atoms with Gasteiger partial charge in [0.1, 0.15) is 0 Å². The van der Waals surface area contributed by atoms with Crippen LogP contribution in [0.25, 0.3) is 0 Å². The van der Waals surface area contributed by atoms with Crippen LogP contribution in [-0.4, -0.2) is 29.5 Å². The molecule has 2 unspecified atom stereocenters. The van der Waals surface area contributed by atoms with E-state index in [0.717, 1.165) is 11.5 Å². The molecule has 0 radical (unpaired) electrons. The molecule has 0 aliphatic carbocycles. The van der Waals surface area contributed by atoms with Gasteiger partial charge in [0.2, 0.25) is 0 Å². The lowest BCUT2D eigenvalue weighted by atomic mass is 10.0. The number of hydrogen-bond acceptors (Lipinski definition) is 2. The van der Waals surface area contributed by atoms with Gasteiger partial charge in [-0.2, -0.15) is 0 Å². The molecule has 2 atom stereocenters. The minimum Gasteiger partial charge on any atom is -0.355 e. The first kappa shape index (κ1) is 22.6. The number of hydrogen-bond donors (Lipinski definition) is 2. The van der Waals surface area contributed by atoms with Crippen LogP contribution in [0.15, 0.2) is 59.6 Å². The zero-order chi connectivity index (χ0) is 18.1. The first-order valence-corrected chi connectivity index (χ1v) is 10.0. The number of aliphatic imine (C=N–C) groups is 1. The van der Waals surface area contributed by atoms with Crippen molar-refractivity contribution in [3.8, 4) is 0 Å². The van der Waals surface area contributed by atoms with Gasteiger partial charge in [0.15, 0.2) is 5.96 Å². The number of nitrogens with one attached hydrogen (secondary N) is 2. The molecule has 6 heteroatoms. The molecule has 2 N–H and O–H groups in total. The second-order valence-electron chi connectivity index (χ2n) is 6.00. The van der Waals surface area contributed by atoms with Gasteiger partial charge in [-0.3, -0.25) is 9.20 Å². The normalized spacial score (nSPS) is 13.4. The summed E-state index contributed by atoms with van der Waals surface area (Å²) in [4.78, 5) is 4.26. The third kappa shape index (κ3) is 7.45. The summed E-state index contributed by atoms with van der Waals surface area (Å²) in [6.07, 6.45) is 0. The summed E-state index contributed by atoms with van der Waals surface area (Å²) in [6, 6.07) is 18.4. The zero-order valence-electron chi connectivity index (χ0n) is 15.6. The Balaban J connectivity index is 0.00000338. The fourth-order valence-electron chi connectivity index (χ4n) is 2.67. The van der Waals surface area contributed by atoms with Gasteiger partial charge < -0.3 is 10.6 Å². The molecule has 0 aliphatic rings. The fraction of sp³-hybridized carbons (Fsp3) is 0.350. The smallest absolute Gasteiger partial charge is 0.191 e. The van der Waals surface area contributed by atoms with Crippen LogP contribution in [0.2, 0.25) is 0 Å². The maximum atomic E-state index is 12.2. The van der Waals surface area contributed by atoms with Crippen molar-refractivity contribution < 1.29 is 4.21 Å². The van der Waals surface area contributed by atoms with Crippen LogP contribution >= 0.6 is 24.0 Å². The summed E-state index contributed by atoms with van der Waals surface area (Å²) < 4.78 is 12.2. The van der Waals surface area contributed by atoms with Crippen molar-refractivity contribution in [3.05, 3.63) is 71.3 Å². The third-order valence-corrected chi connectivity index (χ3v) is 5.34. The average molecular weight is 485 g/mol. The number of benzene rings is 2. The highest BCUT2D eigenvalue weighted by Gasteiger charge is 2.10. The average Bonchev–Trinajstić information content (AvgIpc) is 2.62. The van der Waals surface area contributed by atoms with Crippen molar-refractivity contribution >= 4 is 40.7 Å². The van der Waals surface area contributed by atoms with Crippen molar-refractivity contribution in [1.82, 2.24) is 10.6 Å². The van der Waals surface area contributed by atoms with Crippen LogP contribution in [0.3, 0.4) is 0 Å². The van der Waals surface area contributed by atoms with Gasteiger partial charge in [-0.05, 0) is 30.5 Å². The van der Waals surface area contributed by atoms with Crippen molar-refractivity contribution in [2.75, 3.05) is 19.3 Å². The molecule has 0 spiro atoms. The van der Waals surface area contributed by atoms with Crippen molar-refractivity contribution in [2.45, 2.75) is 25.6 Å². The molecule has 0 saturated heterocycles. The number of nitrogens with zero attached hydrogens (tertiary/aromatic N) is 1. The molecule has 0 heterocycles. The molecule has 0 saturated carbocycles. The molecule has 0 aromatic heterocycles. The molecule has 2 aromatic rings. The van der Waals surface area contributed by atoms with E-state index in [2.05, 4.69) is 41.6 Å². The molecule has 2 rings (SSSR count). The monoisotopic (exact) mass is 485 g/mol. The van der Waals surface area contributed by atoms with Crippen molar-refractivity contribution in [2.24, 2.45) is 4.99 Å². The van der Waals surface area contributed by atoms with Gasteiger partial charge in [0, 0.05) is 35.9 Å². The Bertz CT molecular complexity index is 722. The van der Waals surface area contributed by atoms with Crippen LogP contribution in [0.5, 0.6) is 0 Å². The molecule has 0 amide bonds. The number of halogens is 1. The Morgan fingerprint density at radius 2 is 1.77 bits per heavy atom. The quantitative estimate of drug-likeness (QED) is 0.357. The third-order valence-electron chi connectivity index (χ3n) is 4.02. The Kier molecular flexibility index (Phi) is 10.5. The lowest BCUT2D eigenvalue weighted by Crippen LogP contribution is -2.40. The Morgan fingerprint density at radius 1 is 1.12 bits per heavy atom. The highest BCUT2D eigenvalue weighted by atomic mass is 127. The summed E-state index contributed by atoms with van der Waals surface area (Å²) in [6.45, 7) is 4.85. The standard InChI is InChI=1S/C20H27N3OS.HI/c1-16-9-7-8-12-19(16)17(2)23-20(21-3)22-13-14-25(24)15-18-10-5-4-6-11-18;/h4-12,17H,13-15H2,1-3H3,(H2,21,22,23);1H. The van der Waals surface area contributed by atoms with Gasteiger partial charge in [-0.15, -0.1) is 24.0 Å². The predicted octanol–water partition coefficient (Wildman–Crippen LogP) is 3.79. The second kappa shape index (κ2) is 12.1. The van der Waals surface area contributed by atoms with Crippen LogP contribution in [0.1, 0.15) is 29.7 Å². The number of guanidine groups is 1. The SMILES string of the molecule is CN=C(NCCS(=O)Cc1ccccc1)NC(C)c1ccccc1C.I. The Labute approximate surface area is 176 Å². The topological polar surface area (TPSA) is 53.5 Å². The van der Waals surface area contributed by atoms with E-state index in [1.807, 2.05) is 42.5 Å². The van der Waals surface area contributed by atoms with E-state index >= 15 is 0 Å². The van der Waals surface area contributed by atoms with E-state index in [9.17, 15) is 4.21 Å². The molecule has 142 valence electrons. The van der Waals surface area contributed by atoms with Gasteiger partial charge >= 0.3 is 0 Å². The predicted molar refractivity (Wildman–Crippen MR) is 123 cm³/mol. The Morgan fingerprint density at radius 3 is 2.42 bits per heavy atom. The van der Waals surface area contributed by atoms with Gasteiger partial charge in [0.05, 0.1) is 6.04 Å². The second-order valence-corrected chi connectivity index (χ2v) is 7.57. The van der Waals surface area contributed by atoms with E-state index in [4.69, 9.17) is 0 Å². The molecule has 2 aromatic carbocycles. The van der Waals surface area contributed by atoms with E-state index < -0.39 is 10.8 Å². The molecule has 0 fully saturated rings. The highest BCUT2D eigenvalue weighted by molar-refractivity contribution is 14.0. The fourth-order valence-corrected chi connectivity index (χ4v) is 3.70. The van der Waals surface area contributed by atoms with E-state index in [-0.39, 0.29) is 30.0 Å². The van der Waals surface area contributed by atoms with Crippen molar-refractivity contribution in [1.29, 1.82) is 0 Å². The minimum atomic E-state index is -0.887. The van der Waals surface area contributed by atoms with Gasteiger partial charge in [0.25, 0.3) is 0 Å². The Hall–Kier alpha value is -1.41. The summed E-state index contributed by atoms with van der Waals surface area (Å²) in [5.41, 5.74) is 3.61. The summed E-state index contributed by atoms with van der Waals surface area (Å²) in [5, 5.41) is 6.64. The molecular formula is C20H28IN3OS. The molecular weight excluding hydrogens is 457 g/mol. The maximum Gasteiger partial charge on any atom is 0.191 e. The molecule has 0 aliphatic heterocycles. The van der Waals surface area contributed by atoms with Gasteiger partial charge in [-0.25, -0.2) is 0 Å². The first-order valence-electron chi connectivity index (χ1n) is 8.51. The van der Waals surface area contributed by atoms with E-state index in [1.165, 1.54) is 11.1 Å². The summed E-state index contributed by atoms with van der Waals surface area (Å²) >= 11 is 0. The summed E-state index contributed by atoms with van der Waals surface area (Å²) in [7, 11) is 0.864. The number of aryl methyl sites for hydroxylation is 1. The molecule has 26 heavy (non-hydrogen) atoms. The van der Waals surface area contributed by atoms with Crippen LogP contribution in [-0.2, 0) is 16.6 Å². The zero-order valence-corrected chi connectivity index (χ0v) is 18.7. The molecule has 4 nitrogen and oxygen atoms in total. The maximum absolute atomic E-state index is 12.2. The van der Waals surface area contributed by atoms with Crippen LogP contribution < -0.4 is 10.6 Å². The lowest BCUT2D eigenvalue weighted by molar-refractivity contribution is 0.675. The molecule has 0 bridgehead atoms.